The zero-order valence-corrected chi connectivity index (χ0v) is 16.1. The van der Waals surface area contributed by atoms with E-state index in [1.54, 1.807) is 32.4 Å². The van der Waals surface area contributed by atoms with Crippen LogP contribution in [0.2, 0.25) is 0 Å². The van der Waals surface area contributed by atoms with E-state index in [9.17, 15) is 4.79 Å². The maximum Gasteiger partial charge on any atom is 0.291 e. The number of fused-ring (bicyclic) bond motifs is 1. The van der Waals surface area contributed by atoms with Crippen LogP contribution in [-0.2, 0) is 0 Å². The lowest BCUT2D eigenvalue weighted by atomic mass is 10.2. The predicted molar refractivity (Wildman–Crippen MR) is 111 cm³/mol. The minimum Gasteiger partial charge on any atom is -0.493 e. The standard InChI is InChI=1S/C21H17N3O3S/c1-26-16-10-8-15(12-17(16)27-2)13-18-20(25)24-21(28-18)22-19(23-24)11-9-14-6-4-3-5-7-14/h3-13H,1-2H3. The number of nitrogens with zero attached hydrogens (tertiary/aromatic N) is 3. The first-order valence-corrected chi connectivity index (χ1v) is 9.36. The highest BCUT2D eigenvalue weighted by Gasteiger charge is 2.09. The van der Waals surface area contributed by atoms with Gasteiger partial charge >= 0.3 is 0 Å². The Morgan fingerprint density at radius 2 is 1.75 bits per heavy atom. The highest BCUT2D eigenvalue weighted by atomic mass is 32.1. The fourth-order valence-corrected chi connectivity index (χ4v) is 3.66. The highest BCUT2D eigenvalue weighted by molar-refractivity contribution is 7.15. The van der Waals surface area contributed by atoms with E-state index in [0.29, 0.717) is 26.8 Å². The number of ether oxygens (including phenoxy) is 2. The molecule has 0 fully saturated rings. The Bertz CT molecular complexity index is 1260. The van der Waals surface area contributed by atoms with Crippen molar-refractivity contribution in [2.75, 3.05) is 14.2 Å². The lowest BCUT2D eigenvalue weighted by molar-refractivity contribution is 0.355. The molecule has 2 aromatic heterocycles. The van der Waals surface area contributed by atoms with Crippen LogP contribution in [0.25, 0.3) is 23.2 Å². The van der Waals surface area contributed by atoms with Gasteiger partial charge in [-0.25, -0.2) is 0 Å². The molecule has 0 aliphatic heterocycles. The van der Waals surface area contributed by atoms with Gasteiger partial charge in [-0.1, -0.05) is 53.8 Å². The summed E-state index contributed by atoms with van der Waals surface area (Å²) in [6.45, 7) is 0. The monoisotopic (exact) mass is 391 g/mol. The Kier molecular flexibility index (Phi) is 4.90. The van der Waals surface area contributed by atoms with Crippen molar-refractivity contribution >= 4 is 34.5 Å². The quantitative estimate of drug-likeness (QED) is 0.523. The highest BCUT2D eigenvalue weighted by Crippen LogP contribution is 2.27. The van der Waals surface area contributed by atoms with Crippen molar-refractivity contribution in [3.8, 4) is 11.5 Å². The minimum absolute atomic E-state index is 0.193. The predicted octanol–water partition coefficient (Wildman–Crippen LogP) is 2.89. The molecule has 0 radical (unpaired) electrons. The van der Waals surface area contributed by atoms with Gasteiger partial charge in [0.1, 0.15) is 0 Å². The lowest BCUT2D eigenvalue weighted by Gasteiger charge is -2.07. The van der Waals surface area contributed by atoms with E-state index in [4.69, 9.17) is 9.47 Å². The summed E-state index contributed by atoms with van der Waals surface area (Å²) in [5.74, 6) is 1.75. The zero-order valence-electron chi connectivity index (χ0n) is 15.3. The van der Waals surface area contributed by atoms with Crippen LogP contribution in [0, 0.1) is 0 Å². The van der Waals surface area contributed by atoms with Gasteiger partial charge in [0.25, 0.3) is 5.56 Å². The van der Waals surface area contributed by atoms with Gasteiger partial charge < -0.3 is 9.47 Å². The second kappa shape index (κ2) is 7.66. The van der Waals surface area contributed by atoms with Gasteiger partial charge in [0.05, 0.1) is 18.8 Å². The lowest BCUT2D eigenvalue weighted by Crippen LogP contribution is -2.23. The van der Waals surface area contributed by atoms with Crippen molar-refractivity contribution in [2.45, 2.75) is 0 Å². The minimum atomic E-state index is -0.193. The molecular formula is C21H17N3O3S. The van der Waals surface area contributed by atoms with Crippen LogP contribution in [0.3, 0.4) is 0 Å². The number of hydrogen-bond donors (Lipinski definition) is 0. The van der Waals surface area contributed by atoms with Gasteiger partial charge in [0, 0.05) is 0 Å². The molecule has 2 aromatic carbocycles. The zero-order chi connectivity index (χ0) is 19.5. The van der Waals surface area contributed by atoms with E-state index < -0.39 is 0 Å². The summed E-state index contributed by atoms with van der Waals surface area (Å²) >= 11 is 1.30. The van der Waals surface area contributed by atoms with Gasteiger partial charge in [-0.3, -0.25) is 4.79 Å². The van der Waals surface area contributed by atoms with Crippen LogP contribution in [-0.4, -0.2) is 28.8 Å². The summed E-state index contributed by atoms with van der Waals surface area (Å²) in [5.41, 5.74) is 1.69. The van der Waals surface area contributed by atoms with Crippen LogP contribution in [0.15, 0.2) is 53.3 Å². The van der Waals surface area contributed by atoms with E-state index in [0.717, 1.165) is 11.1 Å². The Balaban J connectivity index is 1.68. The number of benzene rings is 2. The number of thiazole rings is 1. The Morgan fingerprint density at radius 1 is 0.964 bits per heavy atom. The molecule has 0 spiro atoms. The molecule has 140 valence electrons. The summed E-state index contributed by atoms with van der Waals surface area (Å²) in [6.07, 6.45) is 5.51. The fraction of sp³-hybridized carbons (Fsp3) is 0.0952. The molecule has 4 aromatic rings. The first-order chi connectivity index (χ1) is 13.7. The van der Waals surface area contributed by atoms with Crippen molar-refractivity contribution in [3.05, 3.63) is 80.4 Å². The summed E-state index contributed by atoms with van der Waals surface area (Å²) < 4.78 is 12.4. The average molecular weight is 391 g/mol. The fourth-order valence-electron chi connectivity index (χ4n) is 2.75. The number of aromatic nitrogens is 3. The topological polar surface area (TPSA) is 65.7 Å². The molecule has 6 nitrogen and oxygen atoms in total. The molecule has 0 amide bonds. The van der Waals surface area contributed by atoms with Crippen LogP contribution in [0.5, 0.6) is 11.5 Å². The molecule has 4 rings (SSSR count). The second-order valence-corrected chi connectivity index (χ2v) is 6.95. The van der Waals surface area contributed by atoms with Gasteiger partial charge in [0.2, 0.25) is 4.96 Å². The summed E-state index contributed by atoms with van der Waals surface area (Å²) in [7, 11) is 3.16. The van der Waals surface area contributed by atoms with Gasteiger partial charge in [-0.05, 0) is 35.4 Å². The second-order valence-electron chi connectivity index (χ2n) is 5.94. The first kappa shape index (κ1) is 17.9. The van der Waals surface area contributed by atoms with E-state index in [2.05, 4.69) is 10.1 Å². The normalized spacial score (nSPS) is 12.1. The first-order valence-electron chi connectivity index (χ1n) is 8.54. The SMILES string of the molecule is COc1ccc(C=c2sc3nc(C=Cc4ccccc4)nn3c2=O)cc1OC. The maximum atomic E-state index is 12.7. The van der Waals surface area contributed by atoms with Crippen molar-refractivity contribution in [3.63, 3.8) is 0 Å². The molecule has 0 N–H and O–H groups in total. The third kappa shape index (κ3) is 3.52. The molecule has 28 heavy (non-hydrogen) atoms. The Hall–Kier alpha value is -3.45. The number of hydrogen-bond acceptors (Lipinski definition) is 6. The Labute approximate surface area is 165 Å². The van der Waals surface area contributed by atoms with Crippen LogP contribution in [0.4, 0.5) is 0 Å². The third-order valence-corrected chi connectivity index (χ3v) is 5.09. The van der Waals surface area contributed by atoms with E-state index in [-0.39, 0.29) is 5.56 Å². The summed E-state index contributed by atoms with van der Waals surface area (Å²) in [6, 6.07) is 15.4. The summed E-state index contributed by atoms with van der Waals surface area (Å²) in [4.78, 5) is 17.6. The maximum absolute atomic E-state index is 12.7. The molecule has 0 aliphatic carbocycles. The summed E-state index contributed by atoms with van der Waals surface area (Å²) in [5, 5.41) is 4.30. The Morgan fingerprint density at radius 3 is 2.46 bits per heavy atom. The molecule has 0 saturated heterocycles. The van der Waals surface area contributed by atoms with Gasteiger partial charge in [0.15, 0.2) is 17.3 Å². The molecule has 0 unspecified atom stereocenters. The van der Waals surface area contributed by atoms with E-state index in [1.807, 2.05) is 48.5 Å². The average Bonchev–Trinajstić information content (AvgIpc) is 3.26. The molecule has 7 heteroatoms. The van der Waals surface area contributed by atoms with Crippen molar-refractivity contribution in [1.82, 2.24) is 14.6 Å². The molecule has 0 saturated carbocycles. The van der Waals surface area contributed by atoms with Gasteiger partial charge in [-0.2, -0.15) is 9.50 Å². The van der Waals surface area contributed by atoms with Crippen molar-refractivity contribution in [2.24, 2.45) is 0 Å². The van der Waals surface area contributed by atoms with Crippen molar-refractivity contribution < 1.29 is 9.47 Å². The molecule has 0 atom stereocenters. The van der Waals surface area contributed by atoms with E-state index >= 15 is 0 Å². The molecule has 0 bridgehead atoms. The number of rotatable bonds is 5. The third-order valence-electron chi connectivity index (χ3n) is 4.13. The van der Waals surface area contributed by atoms with Crippen LogP contribution in [0.1, 0.15) is 17.0 Å². The molecule has 0 aliphatic rings. The van der Waals surface area contributed by atoms with Gasteiger partial charge in [-0.15, -0.1) is 5.10 Å². The molecular weight excluding hydrogens is 374 g/mol. The number of methoxy groups -OCH3 is 2. The largest absolute Gasteiger partial charge is 0.493 e. The van der Waals surface area contributed by atoms with Crippen molar-refractivity contribution in [1.29, 1.82) is 0 Å². The smallest absolute Gasteiger partial charge is 0.291 e. The van der Waals surface area contributed by atoms with E-state index in [1.165, 1.54) is 15.9 Å². The molecule has 2 heterocycles. The van der Waals surface area contributed by atoms with Crippen LogP contribution >= 0.6 is 11.3 Å². The van der Waals surface area contributed by atoms with Crippen LogP contribution < -0.4 is 19.6 Å².